The number of rotatable bonds is 11. The fourth-order valence-electron chi connectivity index (χ4n) is 2.23. The number of hydrogen-bond donors (Lipinski definition) is 5. The Kier molecular flexibility index (Phi) is 9.73. The van der Waals surface area contributed by atoms with E-state index in [1.165, 1.54) is 0 Å². The molecule has 0 spiro atoms. The van der Waals surface area contributed by atoms with Crippen molar-refractivity contribution < 1.29 is 29.4 Å². The first-order valence-electron chi connectivity index (χ1n) is 8.24. The summed E-state index contributed by atoms with van der Waals surface area (Å²) < 4.78 is 0. The molecule has 0 aromatic heterocycles. The molecule has 0 aliphatic carbocycles. The molecule has 144 valence electrons. The summed E-state index contributed by atoms with van der Waals surface area (Å²) >= 11 is 0. The molecular formula is C16H29N3O6. The topological polar surface area (TPSA) is 159 Å². The van der Waals surface area contributed by atoms with Crippen LogP contribution in [-0.4, -0.2) is 52.1 Å². The molecule has 0 unspecified atom stereocenters. The maximum atomic E-state index is 12.4. The lowest BCUT2D eigenvalue weighted by atomic mass is 10.00. The van der Waals surface area contributed by atoms with Crippen LogP contribution in [0.1, 0.15) is 47.0 Å². The molecule has 0 aromatic rings. The number of carboxylic acid groups (broad SMARTS) is 2. The number of carbonyl (C=O) groups is 4. The number of nitrogens with two attached hydrogens (primary N) is 1. The standard InChI is InChI=1S/C16H29N3O6/c1-8(2)5-11(18-14(22)10(17)7-13(20)21)15(23)19-12(16(24)25)6-9(3)4/h8-12H,5-7,17H2,1-4H3,(H,18,22)(H,19,23)(H,20,21)(H,24,25)/t10-,11+,12-/m0/s1. The van der Waals surface area contributed by atoms with E-state index >= 15 is 0 Å². The molecular weight excluding hydrogens is 330 g/mol. The molecule has 0 saturated heterocycles. The Labute approximate surface area is 147 Å². The van der Waals surface area contributed by atoms with Gasteiger partial charge in [-0.2, -0.15) is 0 Å². The van der Waals surface area contributed by atoms with Crippen molar-refractivity contribution in [2.24, 2.45) is 17.6 Å². The quantitative estimate of drug-likeness (QED) is 0.345. The van der Waals surface area contributed by atoms with Gasteiger partial charge in [0, 0.05) is 0 Å². The van der Waals surface area contributed by atoms with Crippen molar-refractivity contribution in [3.8, 4) is 0 Å². The Morgan fingerprint density at radius 1 is 0.840 bits per heavy atom. The van der Waals surface area contributed by atoms with E-state index in [2.05, 4.69) is 10.6 Å². The van der Waals surface area contributed by atoms with Crippen molar-refractivity contribution >= 4 is 23.8 Å². The molecule has 3 atom stereocenters. The largest absolute Gasteiger partial charge is 0.481 e. The van der Waals surface area contributed by atoms with Crippen LogP contribution < -0.4 is 16.4 Å². The van der Waals surface area contributed by atoms with Gasteiger partial charge in [-0.1, -0.05) is 27.7 Å². The second-order valence-corrected chi connectivity index (χ2v) is 6.92. The van der Waals surface area contributed by atoms with Crippen molar-refractivity contribution in [2.75, 3.05) is 0 Å². The summed E-state index contributed by atoms with van der Waals surface area (Å²) in [5.74, 6) is -3.67. The van der Waals surface area contributed by atoms with Crippen LogP contribution in [0.25, 0.3) is 0 Å². The Morgan fingerprint density at radius 3 is 1.68 bits per heavy atom. The van der Waals surface area contributed by atoms with Crippen LogP contribution in [0.5, 0.6) is 0 Å². The minimum Gasteiger partial charge on any atom is -0.481 e. The molecule has 0 saturated carbocycles. The van der Waals surface area contributed by atoms with E-state index in [0.29, 0.717) is 0 Å². The van der Waals surface area contributed by atoms with Crippen LogP contribution in [0.3, 0.4) is 0 Å². The summed E-state index contributed by atoms with van der Waals surface area (Å²) in [5, 5.41) is 22.7. The van der Waals surface area contributed by atoms with Gasteiger partial charge in [0.1, 0.15) is 12.1 Å². The summed E-state index contributed by atoms with van der Waals surface area (Å²) in [5.41, 5.74) is 5.49. The van der Waals surface area contributed by atoms with Gasteiger partial charge in [0.05, 0.1) is 12.5 Å². The third kappa shape index (κ3) is 9.65. The third-order valence-electron chi connectivity index (χ3n) is 3.39. The summed E-state index contributed by atoms with van der Waals surface area (Å²) in [6.45, 7) is 7.35. The number of amides is 2. The van der Waals surface area contributed by atoms with Crippen LogP contribution in [-0.2, 0) is 19.2 Å². The average molecular weight is 359 g/mol. The number of carboxylic acids is 2. The summed E-state index contributed by atoms with van der Waals surface area (Å²) in [4.78, 5) is 46.3. The van der Waals surface area contributed by atoms with Crippen LogP contribution in [0.15, 0.2) is 0 Å². The van der Waals surface area contributed by atoms with Crippen molar-refractivity contribution in [1.82, 2.24) is 10.6 Å². The number of carbonyl (C=O) groups excluding carboxylic acids is 2. The molecule has 0 fully saturated rings. The smallest absolute Gasteiger partial charge is 0.326 e. The highest BCUT2D eigenvalue weighted by Crippen LogP contribution is 2.09. The van der Waals surface area contributed by atoms with Gasteiger partial charge in [-0.15, -0.1) is 0 Å². The van der Waals surface area contributed by atoms with Crippen LogP contribution >= 0.6 is 0 Å². The van der Waals surface area contributed by atoms with E-state index in [4.69, 9.17) is 10.8 Å². The maximum Gasteiger partial charge on any atom is 0.326 e. The fraction of sp³-hybridized carbons (Fsp3) is 0.750. The first-order valence-corrected chi connectivity index (χ1v) is 8.24. The van der Waals surface area contributed by atoms with Gasteiger partial charge >= 0.3 is 11.9 Å². The number of hydrogen-bond acceptors (Lipinski definition) is 5. The molecule has 6 N–H and O–H groups in total. The molecule has 0 heterocycles. The van der Waals surface area contributed by atoms with E-state index in [9.17, 15) is 24.3 Å². The predicted octanol–water partition coefficient (Wildman–Crippen LogP) is -0.0652. The van der Waals surface area contributed by atoms with E-state index in [-0.39, 0.29) is 24.7 Å². The van der Waals surface area contributed by atoms with E-state index < -0.39 is 48.3 Å². The molecule has 9 nitrogen and oxygen atoms in total. The van der Waals surface area contributed by atoms with E-state index in [1.807, 2.05) is 27.7 Å². The Hall–Kier alpha value is -2.16. The first-order chi connectivity index (χ1) is 11.4. The second-order valence-electron chi connectivity index (χ2n) is 6.92. The lowest BCUT2D eigenvalue weighted by Crippen LogP contribution is -2.55. The average Bonchev–Trinajstić information content (AvgIpc) is 2.43. The number of aliphatic carboxylic acids is 2. The lowest BCUT2D eigenvalue weighted by Gasteiger charge is -2.24. The van der Waals surface area contributed by atoms with Crippen molar-refractivity contribution in [3.05, 3.63) is 0 Å². The fourth-order valence-corrected chi connectivity index (χ4v) is 2.23. The van der Waals surface area contributed by atoms with Crippen LogP contribution in [0.4, 0.5) is 0 Å². The highest BCUT2D eigenvalue weighted by molar-refractivity contribution is 5.92. The highest BCUT2D eigenvalue weighted by atomic mass is 16.4. The maximum absolute atomic E-state index is 12.4. The molecule has 0 rings (SSSR count). The zero-order valence-corrected chi connectivity index (χ0v) is 15.1. The Balaban J connectivity index is 5.05. The SMILES string of the molecule is CC(C)C[C@H](NC(=O)[C@@H](CC(C)C)NC(=O)[C@@H](N)CC(=O)O)C(=O)O. The highest BCUT2D eigenvalue weighted by Gasteiger charge is 2.29. The lowest BCUT2D eigenvalue weighted by molar-refractivity contribution is -0.143. The molecule has 0 aliphatic heterocycles. The van der Waals surface area contributed by atoms with Gasteiger partial charge in [-0.3, -0.25) is 14.4 Å². The van der Waals surface area contributed by atoms with Crippen molar-refractivity contribution in [3.63, 3.8) is 0 Å². The molecule has 0 bridgehead atoms. The van der Waals surface area contributed by atoms with Crippen molar-refractivity contribution in [2.45, 2.75) is 65.1 Å². The number of nitrogens with one attached hydrogen (secondary N) is 2. The van der Waals surface area contributed by atoms with Gasteiger partial charge in [0.2, 0.25) is 11.8 Å². The zero-order chi connectivity index (χ0) is 19.7. The van der Waals surface area contributed by atoms with Crippen LogP contribution in [0, 0.1) is 11.8 Å². The predicted molar refractivity (Wildman–Crippen MR) is 90.6 cm³/mol. The summed E-state index contributed by atoms with van der Waals surface area (Å²) in [6.07, 6.45) is -0.0414. The Bertz CT molecular complexity index is 492. The molecule has 0 aromatic carbocycles. The molecule has 0 aliphatic rings. The van der Waals surface area contributed by atoms with Crippen LogP contribution in [0.2, 0.25) is 0 Å². The minimum atomic E-state index is -1.29. The first kappa shape index (κ1) is 22.8. The third-order valence-corrected chi connectivity index (χ3v) is 3.39. The van der Waals surface area contributed by atoms with Crippen molar-refractivity contribution in [1.29, 1.82) is 0 Å². The monoisotopic (exact) mass is 359 g/mol. The molecule has 2 amide bonds. The van der Waals surface area contributed by atoms with E-state index in [1.54, 1.807) is 0 Å². The summed E-state index contributed by atoms with van der Waals surface area (Å²) in [6, 6.07) is -3.33. The molecule has 9 heteroatoms. The van der Waals surface area contributed by atoms with Gasteiger partial charge in [0.25, 0.3) is 0 Å². The van der Waals surface area contributed by atoms with Gasteiger partial charge in [0.15, 0.2) is 0 Å². The minimum absolute atomic E-state index is 0.0418. The van der Waals surface area contributed by atoms with Gasteiger partial charge in [-0.05, 0) is 24.7 Å². The van der Waals surface area contributed by atoms with Gasteiger partial charge < -0.3 is 26.6 Å². The molecule has 0 radical (unpaired) electrons. The normalized spacial score (nSPS) is 14.7. The summed E-state index contributed by atoms with van der Waals surface area (Å²) in [7, 11) is 0. The zero-order valence-electron chi connectivity index (χ0n) is 15.1. The Morgan fingerprint density at radius 2 is 1.28 bits per heavy atom. The van der Waals surface area contributed by atoms with E-state index in [0.717, 1.165) is 0 Å². The van der Waals surface area contributed by atoms with Gasteiger partial charge in [-0.25, -0.2) is 4.79 Å². The second kappa shape index (κ2) is 10.7. The molecule has 25 heavy (non-hydrogen) atoms.